The number of aryl methyl sites for hydroxylation is 2. The zero-order chi connectivity index (χ0) is 21.3. The molecule has 3 aromatic rings. The van der Waals surface area contributed by atoms with Gasteiger partial charge in [-0.05, 0) is 73.9 Å². The van der Waals surface area contributed by atoms with E-state index in [9.17, 15) is 4.79 Å². The molecule has 154 valence electrons. The fourth-order valence-corrected chi connectivity index (χ4v) is 2.91. The van der Waals surface area contributed by atoms with Crippen molar-refractivity contribution in [2.75, 3.05) is 18.5 Å². The average molecular weight is 402 g/mol. The van der Waals surface area contributed by atoms with E-state index in [1.165, 1.54) is 0 Å². The van der Waals surface area contributed by atoms with Gasteiger partial charge in [0, 0.05) is 11.9 Å². The number of hydrogen-bond donors (Lipinski definition) is 1. The lowest BCUT2D eigenvalue weighted by atomic mass is 10.2. The predicted molar refractivity (Wildman–Crippen MR) is 121 cm³/mol. The summed E-state index contributed by atoms with van der Waals surface area (Å²) < 4.78 is 11.4. The van der Waals surface area contributed by atoms with Gasteiger partial charge in [-0.25, -0.2) is 0 Å². The van der Waals surface area contributed by atoms with Gasteiger partial charge in [-0.3, -0.25) is 9.79 Å². The summed E-state index contributed by atoms with van der Waals surface area (Å²) in [5.41, 5.74) is 4.74. The molecule has 3 rings (SSSR count). The Morgan fingerprint density at radius 1 is 0.967 bits per heavy atom. The maximum atomic E-state index is 12.2. The van der Waals surface area contributed by atoms with Crippen molar-refractivity contribution in [2.24, 2.45) is 4.99 Å². The monoisotopic (exact) mass is 402 g/mol. The highest BCUT2D eigenvalue weighted by molar-refractivity contribution is 5.92. The summed E-state index contributed by atoms with van der Waals surface area (Å²) in [6, 6.07) is 21.1. The molecule has 5 heteroatoms. The van der Waals surface area contributed by atoms with Crippen LogP contribution in [0.5, 0.6) is 11.5 Å². The number of para-hydroxylation sites is 1. The highest BCUT2D eigenvalue weighted by atomic mass is 16.5. The molecule has 0 radical (unpaired) electrons. The Kier molecular flexibility index (Phi) is 7.22. The second-order valence-corrected chi connectivity index (χ2v) is 6.89. The second kappa shape index (κ2) is 10.3. The molecular weight excluding hydrogens is 376 g/mol. The van der Waals surface area contributed by atoms with Gasteiger partial charge in [0.15, 0.2) is 18.1 Å². The van der Waals surface area contributed by atoms with Crippen molar-refractivity contribution in [1.82, 2.24) is 0 Å². The molecule has 0 aromatic heterocycles. The highest BCUT2D eigenvalue weighted by Crippen LogP contribution is 2.28. The van der Waals surface area contributed by atoms with Gasteiger partial charge in [0.25, 0.3) is 5.91 Å². The molecule has 0 spiro atoms. The van der Waals surface area contributed by atoms with E-state index in [4.69, 9.17) is 9.47 Å². The molecule has 0 aliphatic heterocycles. The van der Waals surface area contributed by atoms with Crippen LogP contribution in [-0.2, 0) is 4.79 Å². The summed E-state index contributed by atoms with van der Waals surface area (Å²) in [6.07, 6.45) is 1.79. The van der Waals surface area contributed by atoms with Crippen LogP contribution < -0.4 is 14.8 Å². The van der Waals surface area contributed by atoms with Crippen molar-refractivity contribution in [2.45, 2.75) is 20.8 Å². The molecule has 0 saturated heterocycles. The average Bonchev–Trinajstić information content (AvgIpc) is 2.73. The molecule has 0 aliphatic rings. The molecule has 0 aliphatic carbocycles. The zero-order valence-corrected chi connectivity index (χ0v) is 17.5. The summed E-state index contributed by atoms with van der Waals surface area (Å²) in [7, 11) is 0. The number of amides is 1. The highest BCUT2D eigenvalue weighted by Gasteiger charge is 2.09. The van der Waals surface area contributed by atoms with Gasteiger partial charge in [-0.15, -0.1) is 0 Å². The van der Waals surface area contributed by atoms with Crippen LogP contribution in [0.3, 0.4) is 0 Å². The number of rotatable bonds is 8. The lowest BCUT2D eigenvalue weighted by Gasteiger charge is -2.13. The van der Waals surface area contributed by atoms with Crippen LogP contribution in [0.1, 0.15) is 23.6 Å². The Hall–Kier alpha value is -3.60. The van der Waals surface area contributed by atoms with Crippen LogP contribution in [0.15, 0.2) is 71.7 Å². The molecule has 3 aromatic carbocycles. The third-order valence-electron chi connectivity index (χ3n) is 4.40. The molecule has 1 N–H and O–H groups in total. The van der Waals surface area contributed by atoms with E-state index in [0.29, 0.717) is 18.1 Å². The van der Waals surface area contributed by atoms with E-state index >= 15 is 0 Å². The summed E-state index contributed by atoms with van der Waals surface area (Å²) in [5, 5.41) is 2.83. The molecule has 0 fully saturated rings. The molecule has 0 bridgehead atoms. The number of carbonyl (C=O) groups is 1. The summed E-state index contributed by atoms with van der Waals surface area (Å²) in [5.74, 6) is 0.868. The van der Waals surface area contributed by atoms with Crippen molar-refractivity contribution < 1.29 is 14.3 Å². The standard InChI is InChI=1S/C25H26N2O3/c1-4-29-24-15-20(16-26-22-11-6-5-9-19(22)3)12-13-23(24)30-17-25(28)27-21-10-7-8-18(2)14-21/h5-16H,4,17H2,1-3H3,(H,27,28). The lowest BCUT2D eigenvalue weighted by molar-refractivity contribution is -0.118. The van der Waals surface area contributed by atoms with Crippen LogP contribution in [0.4, 0.5) is 11.4 Å². The van der Waals surface area contributed by atoms with E-state index < -0.39 is 0 Å². The first-order valence-electron chi connectivity index (χ1n) is 9.91. The first-order chi connectivity index (χ1) is 14.5. The van der Waals surface area contributed by atoms with Gasteiger partial charge in [0.2, 0.25) is 0 Å². The van der Waals surface area contributed by atoms with Crippen LogP contribution in [-0.4, -0.2) is 25.3 Å². The number of ether oxygens (including phenoxy) is 2. The van der Waals surface area contributed by atoms with Gasteiger partial charge in [-0.2, -0.15) is 0 Å². The third-order valence-corrected chi connectivity index (χ3v) is 4.40. The lowest BCUT2D eigenvalue weighted by Crippen LogP contribution is -2.20. The van der Waals surface area contributed by atoms with Crippen LogP contribution in [0, 0.1) is 13.8 Å². The molecule has 0 unspecified atom stereocenters. The zero-order valence-electron chi connectivity index (χ0n) is 17.5. The van der Waals surface area contributed by atoms with Crippen LogP contribution in [0.2, 0.25) is 0 Å². The topological polar surface area (TPSA) is 59.9 Å². The molecule has 1 amide bonds. The molecule has 0 atom stereocenters. The van der Waals surface area contributed by atoms with Gasteiger partial charge >= 0.3 is 0 Å². The van der Waals surface area contributed by atoms with E-state index in [2.05, 4.69) is 10.3 Å². The van der Waals surface area contributed by atoms with Crippen molar-refractivity contribution in [3.63, 3.8) is 0 Å². The number of benzene rings is 3. The number of aliphatic imine (C=N–C) groups is 1. The quantitative estimate of drug-likeness (QED) is 0.508. The molecule has 5 nitrogen and oxygen atoms in total. The van der Waals surface area contributed by atoms with E-state index in [1.54, 1.807) is 12.3 Å². The van der Waals surface area contributed by atoms with Crippen LogP contribution >= 0.6 is 0 Å². The number of carbonyl (C=O) groups excluding carboxylic acids is 1. The van der Waals surface area contributed by atoms with Crippen molar-refractivity contribution >= 4 is 23.5 Å². The Morgan fingerprint density at radius 2 is 1.80 bits per heavy atom. The SMILES string of the molecule is CCOc1cc(C=Nc2ccccc2C)ccc1OCC(=O)Nc1cccc(C)c1. The van der Waals surface area contributed by atoms with Gasteiger partial charge in [0.05, 0.1) is 12.3 Å². The van der Waals surface area contributed by atoms with E-state index in [-0.39, 0.29) is 12.5 Å². The summed E-state index contributed by atoms with van der Waals surface area (Å²) in [4.78, 5) is 16.8. The Morgan fingerprint density at radius 3 is 2.57 bits per heavy atom. The Labute approximate surface area is 177 Å². The minimum absolute atomic E-state index is 0.106. The normalized spacial score (nSPS) is 10.8. The molecule has 0 saturated carbocycles. The predicted octanol–water partition coefficient (Wildman–Crippen LogP) is 5.47. The maximum Gasteiger partial charge on any atom is 0.262 e. The fourth-order valence-electron chi connectivity index (χ4n) is 2.91. The largest absolute Gasteiger partial charge is 0.490 e. The van der Waals surface area contributed by atoms with E-state index in [0.717, 1.165) is 28.1 Å². The smallest absolute Gasteiger partial charge is 0.262 e. The van der Waals surface area contributed by atoms with Gasteiger partial charge < -0.3 is 14.8 Å². The van der Waals surface area contributed by atoms with Gasteiger partial charge in [-0.1, -0.05) is 30.3 Å². The van der Waals surface area contributed by atoms with E-state index in [1.807, 2.05) is 81.4 Å². The maximum absolute atomic E-state index is 12.2. The second-order valence-electron chi connectivity index (χ2n) is 6.89. The van der Waals surface area contributed by atoms with Crippen molar-refractivity contribution in [3.05, 3.63) is 83.4 Å². The molecular formula is C25H26N2O3. The third kappa shape index (κ3) is 5.95. The fraction of sp³-hybridized carbons (Fsp3) is 0.200. The number of nitrogens with zero attached hydrogens (tertiary/aromatic N) is 1. The summed E-state index contributed by atoms with van der Waals surface area (Å²) in [6.45, 7) is 6.29. The number of anilines is 1. The Balaban J connectivity index is 1.67. The minimum Gasteiger partial charge on any atom is -0.490 e. The summed E-state index contributed by atoms with van der Waals surface area (Å²) >= 11 is 0. The number of nitrogens with one attached hydrogen (secondary N) is 1. The van der Waals surface area contributed by atoms with Gasteiger partial charge in [0.1, 0.15) is 0 Å². The first kappa shape index (κ1) is 21.1. The van der Waals surface area contributed by atoms with Crippen molar-refractivity contribution in [3.8, 4) is 11.5 Å². The molecule has 30 heavy (non-hydrogen) atoms. The first-order valence-corrected chi connectivity index (χ1v) is 9.91. The van der Waals surface area contributed by atoms with Crippen molar-refractivity contribution in [1.29, 1.82) is 0 Å². The Bertz CT molecular complexity index is 1040. The number of hydrogen-bond acceptors (Lipinski definition) is 4. The van der Waals surface area contributed by atoms with Crippen LogP contribution in [0.25, 0.3) is 0 Å². The minimum atomic E-state index is -0.228. The molecule has 0 heterocycles.